The third-order valence-corrected chi connectivity index (χ3v) is 7.94. The van der Waals surface area contributed by atoms with E-state index in [2.05, 4.69) is 25.0 Å². The second-order valence-electron chi connectivity index (χ2n) is 10.8. The molecule has 35 heteroatoms. The zero-order chi connectivity index (χ0) is 46.1. The van der Waals surface area contributed by atoms with Gasteiger partial charge in [-0.15, -0.1) is 4.67 Å². The molecule has 0 saturated heterocycles. The van der Waals surface area contributed by atoms with Crippen LogP contribution in [0.15, 0.2) is 12.2 Å². The fourth-order valence-electron chi connectivity index (χ4n) is 3.53. The minimum absolute atomic E-state index is 0. The fraction of sp³-hybridized carbons (Fsp3) is 0.870. The molecule has 0 aliphatic rings. The van der Waals surface area contributed by atoms with Gasteiger partial charge in [-0.1, -0.05) is 6.58 Å². The minimum atomic E-state index is -9.68. The first-order valence-electron chi connectivity index (χ1n) is 13.6. The van der Waals surface area contributed by atoms with Crippen molar-refractivity contribution in [3.63, 3.8) is 0 Å². The van der Waals surface area contributed by atoms with Gasteiger partial charge in [0.2, 0.25) is 6.17 Å². The van der Waals surface area contributed by atoms with Crippen LogP contribution in [0.4, 0.5) is 114 Å². The summed E-state index contributed by atoms with van der Waals surface area (Å²) < 4.78 is 387. The number of alkyl halides is 26. The number of phosphoric acid groups is 1. The maximum absolute atomic E-state index is 15.7. The smallest absolute Gasteiger partial charge is 0.462 e. The molecule has 0 aliphatic carbocycles. The van der Waals surface area contributed by atoms with Gasteiger partial charge in [0.15, 0.2) is 24.7 Å². The van der Waals surface area contributed by atoms with Crippen LogP contribution in [0.2, 0.25) is 0 Å². The van der Waals surface area contributed by atoms with Crippen molar-refractivity contribution in [1.29, 1.82) is 0 Å². The molecule has 0 amide bonds. The largest absolute Gasteiger partial charge is 1.00 e. The van der Waals surface area contributed by atoms with Crippen LogP contribution in [0.1, 0.15) is 13.3 Å². The van der Waals surface area contributed by atoms with E-state index in [1.165, 1.54) is 0 Å². The number of phosphoric ester groups is 1. The van der Waals surface area contributed by atoms with Gasteiger partial charge < -0.3 is 4.74 Å². The van der Waals surface area contributed by atoms with Crippen molar-refractivity contribution in [2.45, 2.75) is 110 Å². The Balaban J connectivity index is 0. The number of hydrogen-bond acceptors (Lipinski definition) is 7. The molecule has 0 heterocycles. The summed E-state index contributed by atoms with van der Waals surface area (Å²) in [6, 6.07) is 0. The Morgan fingerprint density at radius 3 is 1.40 bits per heavy atom. The maximum atomic E-state index is 15.7. The van der Waals surface area contributed by atoms with Crippen molar-refractivity contribution in [3.8, 4) is 0 Å². The standard InChI is InChI=1S/C23H19F26O7P.Na/c1-6(2)13(50)53-4-3-5-54-57(52,56-51)55-14(31)15(32,17(35,36)16(33,34)11(28)9(26)7(24)8(25)10(27)12(29)30)18(37,38)19(39,40)20(41,42)21(43,44)22(45,46)23(47,48)49;/h7-12,14,51H,1,3-5H2,2H3;/q;+1. The van der Waals surface area contributed by atoms with E-state index in [1.54, 1.807) is 0 Å². The van der Waals surface area contributed by atoms with Gasteiger partial charge in [-0.2, -0.15) is 74.6 Å². The number of ether oxygens (including phenoxy) is 1. The number of halogens is 26. The molecule has 0 aromatic rings. The van der Waals surface area contributed by atoms with E-state index >= 15 is 17.6 Å². The topological polar surface area (TPSA) is 91.3 Å². The Labute approximate surface area is 326 Å². The molecular weight excluding hydrogens is 936 g/mol. The first-order valence-corrected chi connectivity index (χ1v) is 15.1. The first kappa shape index (κ1) is 58.6. The summed E-state index contributed by atoms with van der Waals surface area (Å²) in [5, 5.41) is 8.55. The number of esters is 1. The van der Waals surface area contributed by atoms with Crippen LogP contribution < -0.4 is 29.6 Å². The van der Waals surface area contributed by atoms with E-state index in [0.29, 0.717) is 0 Å². The normalized spacial score (nSPS) is 19.5. The zero-order valence-electron chi connectivity index (χ0n) is 27.5. The van der Waals surface area contributed by atoms with Gasteiger partial charge in [0.25, 0.3) is 12.8 Å². The van der Waals surface area contributed by atoms with Gasteiger partial charge in [0.05, 0.1) is 13.2 Å². The molecule has 0 aliphatic heterocycles. The molecule has 340 valence electrons. The molecule has 0 saturated carbocycles. The maximum Gasteiger partial charge on any atom is 1.00 e. The molecule has 0 aromatic carbocycles. The zero-order valence-corrected chi connectivity index (χ0v) is 30.4. The Morgan fingerprint density at radius 2 is 1.02 bits per heavy atom. The van der Waals surface area contributed by atoms with E-state index in [9.17, 15) is 106 Å². The minimum Gasteiger partial charge on any atom is -0.462 e. The van der Waals surface area contributed by atoms with Crippen LogP contribution in [0.5, 0.6) is 0 Å². The molecule has 0 spiro atoms. The summed E-state index contributed by atoms with van der Waals surface area (Å²) in [6.45, 7) is 1.16. The molecule has 0 rings (SSSR count). The van der Waals surface area contributed by atoms with E-state index in [1.807, 2.05) is 0 Å². The average molecular weight is 955 g/mol. The van der Waals surface area contributed by atoms with Crippen molar-refractivity contribution < 1.29 is 177 Å². The SMILES string of the molecule is C=C(C)C(=O)OCCCOP(=O)(OO)OC(F)C(F)(C(F)(F)C(F)(F)C(F)C(F)C(F)C(F)C(F)C(F)F)C(F)(F)C(F)(F)C(F)(F)C(F)(F)C(F)(F)C(F)(F)F.[Na+]. The molecule has 0 radical (unpaired) electrons. The summed E-state index contributed by atoms with van der Waals surface area (Å²) >= 11 is 0. The van der Waals surface area contributed by atoms with E-state index in [0.717, 1.165) is 6.92 Å². The Bertz CT molecular complexity index is 1430. The van der Waals surface area contributed by atoms with Crippen molar-refractivity contribution >= 4 is 13.8 Å². The molecule has 0 aromatic heterocycles. The van der Waals surface area contributed by atoms with E-state index in [-0.39, 0.29) is 29.6 Å². The molecule has 58 heavy (non-hydrogen) atoms. The molecule has 7 nitrogen and oxygen atoms in total. The number of carbonyl (C=O) groups excluding carboxylic acids is 1. The van der Waals surface area contributed by atoms with Crippen LogP contribution in [0.3, 0.4) is 0 Å². The van der Waals surface area contributed by atoms with Crippen LogP contribution in [-0.4, -0.2) is 121 Å². The van der Waals surface area contributed by atoms with Gasteiger partial charge in [-0.25, -0.2) is 58.7 Å². The Kier molecular flexibility index (Phi) is 19.4. The van der Waals surface area contributed by atoms with Crippen LogP contribution in [-0.2, 0) is 27.8 Å². The molecule has 8 unspecified atom stereocenters. The van der Waals surface area contributed by atoms with Gasteiger partial charge in [0, 0.05) is 12.0 Å². The summed E-state index contributed by atoms with van der Waals surface area (Å²) in [6.07, 6.45) is -48.7. The van der Waals surface area contributed by atoms with Crippen LogP contribution in [0, 0.1) is 0 Å². The quantitative estimate of drug-likeness (QED) is 0.0171. The summed E-state index contributed by atoms with van der Waals surface area (Å²) in [7, 11) is -7.26. The van der Waals surface area contributed by atoms with Gasteiger partial charge in [0.1, 0.15) is 0 Å². The Hall–Kier alpha value is -1.54. The third-order valence-electron chi connectivity index (χ3n) is 6.80. The second kappa shape index (κ2) is 19.2. The van der Waals surface area contributed by atoms with E-state index in [4.69, 9.17) is 5.26 Å². The number of hydrogen-bond donors (Lipinski definition) is 1. The summed E-state index contributed by atoms with van der Waals surface area (Å²) in [5.74, 6) is -65.9. The van der Waals surface area contributed by atoms with Crippen molar-refractivity contribution in [2.24, 2.45) is 0 Å². The summed E-state index contributed by atoms with van der Waals surface area (Å²) in [5.41, 5.74) is -9.62. The number of rotatable bonds is 23. The molecule has 0 bridgehead atoms. The van der Waals surface area contributed by atoms with Crippen LogP contribution in [0.25, 0.3) is 0 Å². The predicted octanol–water partition coefficient (Wildman–Crippen LogP) is 7.10. The van der Waals surface area contributed by atoms with E-state index < -0.39 is 136 Å². The van der Waals surface area contributed by atoms with Crippen LogP contribution >= 0.6 is 7.82 Å². The molecule has 8 atom stereocenters. The molecule has 1 N–H and O–H groups in total. The third kappa shape index (κ3) is 10.2. The average Bonchev–Trinajstić information content (AvgIpc) is 3.07. The van der Waals surface area contributed by atoms with Gasteiger partial charge >= 0.3 is 96.7 Å². The Morgan fingerprint density at radius 1 is 0.621 bits per heavy atom. The second-order valence-corrected chi connectivity index (χ2v) is 12.4. The first-order chi connectivity index (χ1) is 25.0. The predicted molar refractivity (Wildman–Crippen MR) is 129 cm³/mol. The monoisotopic (exact) mass is 955 g/mol. The summed E-state index contributed by atoms with van der Waals surface area (Å²) in [4.78, 5) is 11.2. The van der Waals surface area contributed by atoms with Gasteiger partial charge in [-0.3, -0.25) is 4.52 Å². The van der Waals surface area contributed by atoms with Crippen molar-refractivity contribution in [2.75, 3.05) is 13.2 Å². The fourth-order valence-corrected chi connectivity index (χ4v) is 4.40. The molecular formula is C23H19F26NaO7P+. The number of carbonyl (C=O) groups is 1. The molecule has 0 fully saturated rings. The van der Waals surface area contributed by atoms with Crippen molar-refractivity contribution in [3.05, 3.63) is 12.2 Å². The van der Waals surface area contributed by atoms with Crippen molar-refractivity contribution in [1.82, 2.24) is 0 Å². The van der Waals surface area contributed by atoms with Gasteiger partial charge in [-0.05, 0) is 6.92 Å².